The van der Waals surface area contributed by atoms with Crippen molar-refractivity contribution in [3.8, 4) is 0 Å². The molecule has 0 saturated carbocycles. The second kappa shape index (κ2) is 7.99. The molecule has 1 atom stereocenters. The van der Waals surface area contributed by atoms with E-state index in [2.05, 4.69) is 35.3 Å². The van der Waals surface area contributed by atoms with Gasteiger partial charge in [-0.2, -0.15) is 5.10 Å². The summed E-state index contributed by atoms with van der Waals surface area (Å²) in [5.74, 6) is 1.18. The van der Waals surface area contributed by atoms with Crippen molar-refractivity contribution in [2.75, 3.05) is 0 Å². The summed E-state index contributed by atoms with van der Waals surface area (Å²) < 4.78 is 3.82. The lowest BCUT2D eigenvalue weighted by Crippen LogP contribution is -2.31. The van der Waals surface area contributed by atoms with Crippen molar-refractivity contribution in [1.29, 1.82) is 0 Å². The largest absolute Gasteiger partial charge is 0.350 e. The van der Waals surface area contributed by atoms with Crippen molar-refractivity contribution in [3.63, 3.8) is 0 Å². The first-order valence-corrected chi connectivity index (χ1v) is 8.91. The van der Waals surface area contributed by atoms with Crippen LogP contribution in [0.3, 0.4) is 0 Å². The molecule has 1 aromatic carbocycles. The Hall–Kier alpha value is -2.89. The number of benzene rings is 1. The number of carbonyl (C=O) groups is 1. The normalized spacial score (nSPS) is 12.3. The summed E-state index contributed by atoms with van der Waals surface area (Å²) in [4.78, 5) is 17.0. The average Bonchev–Trinajstić information content (AvgIpc) is 3.31. The zero-order valence-corrected chi connectivity index (χ0v) is 15.5. The maximum Gasteiger partial charge on any atom is 0.243 e. The van der Waals surface area contributed by atoms with Crippen LogP contribution in [-0.2, 0) is 17.9 Å². The van der Waals surface area contributed by atoms with Crippen LogP contribution in [0.1, 0.15) is 49.7 Å². The van der Waals surface area contributed by atoms with E-state index in [4.69, 9.17) is 0 Å². The highest BCUT2D eigenvalue weighted by Crippen LogP contribution is 2.17. The fourth-order valence-corrected chi connectivity index (χ4v) is 3.01. The summed E-state index contributed by atoms with van der Waals surface area (Å²) in [7, 11) is 0. The van der Waals surface area contributed by atoms with Crippen LogP contribution in [0, 0.1) is 0 Å². The maximum absolute atomic E-state index is 12.6. The first-order valence-electron chi connectivity index (χ1n) is 8.91. The van der Waals surface area contributed by atoms with Gasteiger partial charge in [-0.25, -0.2) is 4.98 Å². The fourth-order valence-electron chi connectivity index (χ4n) is 3.01. The van der Waals surface area contributed by atoms with Gasteiger partial charge < -0.3 is 9.88 Å². The van der Waals surface area contributed by atoms with Gasteiger partial charge in [-0.1, -0.05) is 38.1 Å². The SMILES string of the molecule is CC(C)c1nccn1C(C)C(=O)NCc1ccccc1Cn1cccn1. The van der Waals surface area contributed by atoms with Crippen LogP contribution in [0.4, 0.5) is 0 Å². The number of amides is 1. The Morgan fingerprint density at radius 2 is 1.85 bits per heavy atom. The van der Waals surface area contributed by atoms with Gasteiger partial charge in [0.05, 0.1) is 6.54 Å². The van der Waals surface area contributed by atoms with E-state index in [1.165, 1.54) is 0 Å². The molecule has 6 nitrogen and oxygen atoms in total. The van der Waals surface area contributed by atoms with Gasteiger partial charge in [0, 0.05) is 37.3 Å². The number of rotatable bonds is 7. The number of carbonyl (C=O) groups excluding carboxylic acids is 1. The Balaban J connectivity index is 1.67. The third kappa shape index (κ3) is 4.02. The van der Waals surface area contributed by atoms with Gasteiger partial charge in [-0.05, 0) is 24.1 Å². The van der Waals surface area contributed by atoms with Crippen LogP contribution in [0.5, 0.6) is 0 Å². The molecule has 6 heteroatoms. The van der Waals surface area contributed by atoms with Gasteiger partial charge in [0.1, 0.15) is 11.9 Å². The van der Waals surface area contributed by atoms with Crippen molar-refractivity contribution < 1.29 is 4.79 Å². The number of aromatic nitrogens is 4. The predicted octanol–water partition coefficient (Wildman–Crippen LogP) is 3.13. The molecule has 0 aliphatic heterocycles. The number of nitrogens with zero attached hydrogens (tertiary/aromatic N) is 4. The Kier molecular flexibility index (Phi) is 5.51. The van der Waals surface area contributed by atoms with E-state index in [1.54, 1.807) is 12.4 Å². The van der Waals surface area contributed by atoms with Crippen LogP contribution in [-0.4, -0.2) is 25.2 Å². The first-order chi connectivity index (χ1) is 12.6. The predicted molar refractivity (Wildman–Crippen MR) is 101 cm³/mol. The summed E-state index contributed by atoms with van der Waals surface area (Å²) >= 11 is 0. The Bertz CT molecular complexity index is 851. The molecule has 1 amide bonds. The quantitative estimate of drug-likeness (QED) is 0.711. The minimum absolute atomic E-state index is 0.0150. The van der Waals surface area contributed by atoms with E-state index >= 15 is 0 Å². The van der Waals surface area contributed by atoms with Crippen molar-refractivity contribution in [1.82, 2.24) is 24.6 Å². The van der Waals surface area contributed by atoms with E-state index in [0.717, 1.165) is 17.0 Å². The standard InChI is InChI=1S/C20H25N5O/c1-15(2)19-21-10-12-25(19)16(3)20(26)22-13-17-7-4-5-8-18(17)14-24-11-6-9-23-24/h4-12,15-16H,13-14H2,1-3H3,(H,22,26). The van der Waals surface area contributed by atoms with Crippen LogP contribution < -0.4 is 5.32 Å². The van der Waals surface area contributed by atoms with E-state index in [1.807, 2.05) is 52.8 Å². The van der Waals surface area contributed by atoms with Crippen LogP contribution in [0.25, 0.3) is 0 Å². The van der Waals surface area contributed by atoms with Crippen molar-refractivity contribution in [3.05, 3.63) is 72.1 Å². The zero-order valence-electron chi connectivity index (χ0n) is 15.5. The van der Waals surface area contributed by atoms with Crippen molar-refractivity contribution in [2.45, 2.75) is 45.8 Å². The minimum Gasteiger partial charge on any atom is -0.350 e. The summed E-state index contributed by atoms with van der Waals surface area (Å²) in [6, 6.07) is 9.72. The molecule has 2 heterocycles. The van der Waals surface area contributed by atoms with Gasteiger partial charge in [-0.15, -0.1) is 0 Å². The molecule has 1 unspecified atom stereocenters. The smallest absolute Gasteiger partial charge is 0.243 e. The monoisotopic (exact) mass is 351 g/mol. The first kappa shape index (κ1) is 17.9. The number of nitrogens with one attached hydrogen (secondary N) is 1. The third-order valence-corrected chi connectivity index (χ3v) is 4.47. The Morgan fingerprint density at radius 3 is 2.54 bits per heavy atom. The average molecular weight is 351 g/mol. The molecule has 0 radical (unpaired) electrons. The molecule has 3 aromatic rings. The minimum atomic E-state index is -0.298. The lowest BCUT2D eigenvalue weighted by molar-refractivity contribution is -0.124. The lowest BCUT2D eigenvalue weighted by atomic mass is 10.1. The van der Waals surface area contributed by atoms with E-state index in [-0.39, 0.29) is 17.9 Å². The van der Waals surface area contributed by atoms with Gasteiger partial charge in [0.25, 0.3) is 0 Å². The molecule has 0 bridgehead atoms. The maximum atomic E-state index is 12.6. The zero-order chi connectivity index (χ0) is 18.5. The molecule has 3 rings (SSSR count). The topological polar surface area (TPSA) is 64.7 Å². The van der Waals surface area contributed by atoms with E-state index < -0.39 is 0 Å². The highest BCUT2D eigenvalue weighted by atomic mass is 16.2. The number of hydrogen-bond acceptors (Lipinski definition) is 3. The molecule has 26 heavy (non-hydrogen) atoms. The second-order valence-electron chi connectivity index (χ2n) is 6.71. The van der Waals surface area contributed by atoms with Gasteiger partial charge in [0.15, 0.2) is 0 Å². The van der Waals surface area contributed by atoms with Crippen molar-refractivity contribution in [2.24, 2.45) is 0 Å². The molecule has 0 spiro atoms. The fraction of sp³-hybridized carbons (Fsp3) is 0.350. The molecule has 2 aromatic heterocycles. The van der Waals surface area contributed by atoms with Crippen LogP contribution >= 0.6 is 0 Å². The molecule has 0 fully saturated rings. The van der Waals surface area contributed by atoms with E-state index in [9.17, 15) is 4.79 Å². The number of hydrogen-bond donors (Lipinski definition) is 1. The molecule has 136 valence electrons. The molecule has 0 saturated heterocycles. The summed E-state index contributed by atoms with van der Waals surface area (Å²) in [5.41, 5.74) is 2.24. The highest BCUT2D eigenvalue weighted by Gasteiger charge is 2.19. The van der Waals surface area contributed by atoms with Crippen LogP contribution in [0.2, 0.25) is 0 Å². The lowest BCUT2D eigenvalue weighted by Gasteiger charge is -2.18. The molecule has 1 N–H and O–H groups in total. The second-order valence-corrected chi connectivity index (χ2v) is 6.71. The molecule has 0 aliphatic carbocycles. The molecular formula is C20H25N5O. The molecular weight excluding hydrogens is 326 g/mol. The summed E-state index contributed by atoms with van der Waals surface area (Å²) in [5, 5.41) is 7.31. The summed E-state index contributed by atoms with van der Waals surface area (Å²) in [6.07, 6.45) is 7.32. The van der Waals surface area contributed by atoms with Crippen molar-refractivity contribution >= 4 is 5.91 Å². The van der Waals surface area contributed by atoms with Gasteiger partial charge in [0.2, 0.25) is 5.91 Å². The molecule has 0 aliphatic rings. The van der Waals surface area contributed by atoms with E-state index in [0.29, 0.717) is 13.1 Å². The van der Waals surface area contributed by atoms with Crippen LogP contribution in [0.15, 0.2) is 55.1 Å². The van der Waals surface area contributed by atoms with Gasteiger partial charge in [-0.3, -0.25) is 9.48 Å². The van der Waals surface area contributed by atoms with Gasteiger partial charge >= 0.3 is 0 Å². The highest BCUT2D eigenvalue weighted by molar-refractivity contribution is 5.80. The Morgan fingerprint density at radius 1 is 1.08 bits per heavy atom. The Labute approximate surface area is 153 Å². The number of imidazole rings is 1. The third-order valence-electron chi connectivity index (χ3n) is 4.47. The summed E-state index contributed by atoms with van der Waals surface area (Å²) in [6.45, 7) is 7.24.